The van der Waals surface area contributed by atoms with Crippen molar-refractivity contribution in [3.05, 3.63) is 0 Å². The molecule has 1 heterocycles. The predicted molar refractivity (Wildman–Crippen MR) is 65.0 cm³/mol. The van der Waals surface area contributed by atoms with Crippen molar-refractivity contribution < 1.29 is 8.42 Å². The van der Waals surface area contributed by atoms with Crippen LogP contribution in [0.15, 0.2) is 4.34 Å². The first-order valence-electron chi connectivity index (χ1n) is 4.61. The minimum Gasteiger partial charge on any atom is -0.374 e. The maximum absolute atomic E-state index is 11.8. The minimum absolute atomic E-state index is 0.0677. The van der Waals surface area contributed by atoms with Crippen LogP contribution in [-0.4, -0.2) is 36.2 Å². The summed E-state index contributed by atoms with van der Waals surface area (Å²) in [6.45, 7) is 0.440. The van der Waals surface area contributed by atoms with Crippen LogP contribution in [0.3, 0.4) is 0 Å². The second-order valence-electron chi connectivity index (χ2n) is 3.62. The van der Waals surface area contributed by atoms with E-state index in [0.29, 0.717) is 6.54 Å². The average molecular weight is 280 g/mol. The summed E-state index contributed by atoms with van der Waals surface area (Å²) in [7, 11) is -3.54. The molecule has 6 nitrogen and oxygen atoms in total. The van der Waals surface area contributed by atoms with E-state index in [0.717, 1.165) is 24.2 Å². The Morgan fingerprint density at radius 1 is 1.56 bits per heavy atom. The van der Waals surface area contributed by atoms with Gasteiger partial charge in [0.2, 0.25) is 9.47 Å². The Bertz CT molecular complexity index is 480. The number of nitrogens with zero attached hydrogens (tertiary/aromatic N) is 2. The van der Waals surface area contributed by atoms with Crippen LogP contribution in [0.2, 0.25) is 0 Å². The van der Waals surface area contributed by atoms with Gasteiger partial charge in [-0.25, -0.2) is 13.1 Å². The molecule has 1 aliphatic carbocycles. The molecule has 0 aliphatic heterocycles. The van der Waals surface area contributed by atoms with E-state index in [1.54, 1.807) is 11.8 Å². The van der Waals surface area contributed by atoms with Crippen molar-refractivity contribution in [2.24, 2.45) is 0 Å². The second-order valence-corrected chi connectivity index (χ2v) is 7.84. The fraction of sp³-hybridized carbons (Fsp3) is 0.714. The van der Waals surface area contributed by atoms with Crippen molar-refractivity contribution >= 4 is 38.3 Å². The Morgan fingerprint density at radius 2 is 2.25 bits per heavy atom. The van der Waals surface area contributed by atoms with Crippen LogP contribution in [0.25, 0.3) is 0 Å². The summed E-state index contributed by atoms with van der Waals surface area (Å²) in [5.74, 6) is 0. The summed E-state index contributed by atoms with van der Waals surface area (Å²) in [5.41, 5.74) is 5.34. The fourth-order valence-corrected chi connectivity index (χ4v) is 3.98. The van der Waals surface area contributed by atoms with Gasteiger partial charge in [0.15, 0.2) is 0 Å². The summed E-state index contributed by atoms with van der Waals surface area (Å²) in [6.07, 6.45) is 4.09. The first kappa shape index (κ1) is 12.1. The van der Waals surface area contributed by atoms with Crippen molar-refractivity contribution in [2.75, 3.05) is 18.5 Å². The number of nitrogens with one attached hydrogen (secondary N) is 1. The van der Waals surface area contributed by atoms with E-state index < -0.39 is 10.0 Å². The van der Waals surface area contributed by atoms with Crippen LogP contribution in [0.4, 0.5) is 5.13 Å². The molecule has 3 N–H and O–H groups in total. The lowest BCUT2D eigenvalue weighted by molar-refractivity contribution is 0.577. The Labute approximate surface area is 102 Å². The molecule has 90 valence electrons. The highest BCUT2D eigenvalue weighted by Gasteiger charge is 2.42. The van der Waals surface area contributed by atoms with E-state index in [4.69, 9.17) is 5.73 Å². The molecule has 2 rings (SSSR count). The molecule has 1 aromatic rings. The normalized spacial score (nSPS) is 18.6. The molecule has 0 saturated heterocycles. The lowest BCUT2D eigenvalue weighted by Gasteiger charge is -2.11. The van der Waals surface area contributed by atoms with E-state index in [1.807, 2.05) is 6.26 Å². The molecule has 9 heteroatoms. The third-order valence-electron chi connectivity index (χ3n) is 2.48. The molecule has 1 aromatic heterocycles. The number of rotatable bonds is 5. The molecule has 1 saturated carbocycles. The monoisotopic (exact) mass is 280 g/mol. The van der Waals surface area contributed by atoms with Crippen molar-refractivity contribution in [1.82, 2.24) is 14.9 Å². The van der Waals surface area contributed by atoms with Crippen molar-refractivity contribution in [2.45, 2.75) is 21.9 Å². The zero-order valence-electron chi connectivity index (χ0n) is 8.63. The molecular weight excluding hydrogens is 268 g/mol. The van der Waals surface area contributed by atoms with Gasteiger partial charge in [0, 0.05) is 11.3 Å². The maximum atomic E-state index is 11.8. The molecule has 0 bridgehead atoms. The number of aromatic nitrogens is 2. The van der Waals surface area contributed by atoms with Gasteiger partial charge in [0.05, 0.1) is 0 Å². The Balaban J connectivity index is 2.04. The molecule has 0 amide bonds. The summed E-state index contributed by atoms with van der Waals surface area (Å²) in [5, 5.41) is 7.16. The van der Waals surface area contributed by atoms with Crippen molar-refractivity contribution in [1.29, 1.82) is 0 Å². The van der Waals surface area contributed by atoms with Gasteiger partial charge in [0.25, 0.3) is 10.0 Å². The van der Waals surface area contributed by atoms with E-state index >= 15 is 0 Å². The third kappa shape index (κ3) is 2.47. The summed E-state index contributed by atoms with van der Waals surface area (Å²) >= 11 is 2.57. The van der Waals surface area contributed by atoms with Crippen LogP contribution in [-0.2, 0) is 10.0 Å². The van der Waals surface area contributed by atoms with E-state index in [2.05, 4.69) is 14.9 Å². The highest BCUT2D eigenvalue weighted by Crippen LogP contribution is 2.46. The molecular formula is C7H12N4O2S3. The zero-order chi connectivity index (χ0) is 11.8. The van der Waals surface area contributed by atoms with Gasteiger partial charge in [-0.3, -0.25) is 0 Å². The lowest BCUT2D eigenvalue weighted by Crippen LogP contribution is -2.31. The molecule has 0 aromatic carbocycles. The Morgan fingerprint density at radius 3 is 2.69 bits per heavy atom. The minimum atomic E-state index is -3.54. The number of thioether (sulfide) groups is 1. The predicted octanol–water partition coefficient (Wildman–Crippen LogP) is 0.294. The number of hydrogen-bond donors (Lipinski definition) is 2. The number of sulfonamides is 1. The molecule has 0 radical (unpaired) electrons. The molecule has 16 heavy (non-hydrogen) atoms. The topological polar surface area (TPSA) is 98.0 Å². The van der Waals surface area contributed by atoms with E-state index in [9.17, 15) is 8.42 Å². The Hall–Kier alpha value is -0.380. The molecule has 0 atom stereocenters. The molecule has 1 aliphatic rings. The lowest BCUT2D eigenvalue weighted by atomic mass is 10.4. The number of anilines is 1. The van der Waals surface area contributed by atoms with Gasteiger partial charge in [0.1, 0.15) is 0 Å². The standard InChI is InChI=1S/C7H12N4O2S3/c1-14-7(2-3-7)4-9-16(12,13)6-11-10-5(8)15-6/h9H,2-4H2,1H3,(H2,8,10). The van der Waals surface area contributed by atoms with Gasteiger partial charge < -0.3 is 5.73 Å². The summed E-state index contributed by atoms with van der Waals surface area (Å²) in [4.78, 5) is 0. The van der Waals surface area contributed by atoms with Crippen molar-refractivity contribution in [3.8, 4) is 0 Å². The van der Waals surface area contributed by atoms with Gasteiger partial charge in [-0.2, -0.15) is 11.8 Å². The van der Waals surface area contributed by atoms with Gasteiger partial charge in [-0.1, -0.05) is 11.3 Å². The zero-order valence-corrected chi connectivity index (χ0v) is 11.1. The van der Waals surface area contributed by atoms with Crippen LogP contribution in [0.5, 0.6) is 0 Å². The maximum Gasteiger partial charge on any atom is 0.269 e. The average Bonchev–Trinajstić information content (AvgIpc) is 2.91. The van der Waals surface area contributed by atoms with Crippen LogP contribution < -0.4 is 10.5 Å². The van der Waals surface area contributed by atoms with Gasteiger partial charge >= 0.3 is 0 Å². The number of nitrogen functional groups attached to an aromatic ring is 1. The largest absolute Gasteiger partial charge is 0.374 e. The van der Waals surface area contributed by atoms with Crippen LogP contribution >= 0.6 is 23.1 Å². The fourth-order valence-electron chi connectivity index (χ4n) is 1.21. The SMILES string of the molecule is CSC1(CNS(=O)(=O)c2nnc(N)s2)CC1. The molecule has 0 unspecified atom stereocenters. The van der Waals surface area contributed by atoms with Gasteiger partial charge in [-0.15, -0.1) is 10.2 Å². The number of hydrogen-bond acceptors (Lipinski definition) is 7. The van der Waals surface area contributed by atoms with E-state index in [-0.39, 0.29) is 14.2 Å². The highest BCUT2D eigenvalue weighted by atomic mass is 32.2. The second kappa shape index (κ2) is 4.13. The summed E-state index contributed by atoms with van der Waals surface area (Å²) < 4.78 is 26.1. The van der Waals surface area contributed by atoms with E-state index in [1.165, 1.54) is 0 Å². The van der Waals surface area contributed by atoms with Gasteiger partial charge in [-0.05, 0) is 19.1 Å². The third-order valence-corrected chi connectivity index (χ3v) is 6.42. The number of nitrogens with two attached hydrogens (primary N) is 1. The first-order chi connectivity index (χ1) is 7.47. The van der Waals surface area contributed by atoms with Crippen LogP contribution in [0, 0.1) is 0 Å². The highest BCUT2D eigenvalue weighted by molar-refractivity contribution is 8.00. The first-order valence-corrected chi connectivity index (χ1v) is 8.14. The van der Waals surface area contributed by atoms with Crippen LogP contribution in [0.1, 0.15) is 12.8 Å². The Kier molecular flexibility index (Phi) is 3.12. The summed E-state index contributed by atoms with van der Waals surface area (Å²) in [6, 6.07) is 0. The quantitative estimate of drug-likeness (QED) is 0.804. The molecule has 0 spiro atoms. The smallest absolute Gasteiger partial charge is 0.269 e. The van der Waals surface area contributed by atoms with Crippen molar-refractivity contribution in [3.63, 3.8) is 0 Å². The molecule has 1 fully saturated rings.